The van der Waals surface area contributed by atoms with Gasteiger partial charge in [-0.2, -0.15) is 17.6 Å². The number of anilines is 1. The molecule has 1 aromatic carbocycles. The van der Waals surface area contributed by atoms with E-state index in [0.29, 0.717) is 11.3 Å². The van der Waals surface area contributed by atoms with Crippen molar-refractivity contribution in [2.24, 2.45) is 0 Å². The van der Waals surface area contributed by atoms with E-state index in [1.165, 1.54) is 22.9 Å². The van der Waals surface area contributed by atoms with E-state index in [1.807, 2.05) is 0 Å². The molecule has 0 saturated heterocycles. The number of thiophene rings is 2. The topological polar surface area (TPSA) is 76.7 Å². The Morgan fingerprint density at radius 2 is 1.45 bits per heavy atom. The third kappa shape index (κ3) is 6.18. The van der Waals surface area contributed by atoms with Crippen molar-refractivity contribution >= 4 is 40.2 Å². The van der Waals surface area contributed by atoms with Gasteiger partial charge in [0.15, 0.2) is 0 Å². The monoisotopic (exact) mass is 474 g/mol. The van der Waals surface area contributed by atoms with Crippen molar-refractivity contribution in [3.05, 3.63) is 62.5 Å². The van der Waals surface area contributed by atoms with Crippen LogP contribution in [0.1, 0.15) is 24.9 Å². The molecule has 3 aromatic rings. The van der Waals surface area contributed by atoms with Crippen molar-refractivity contribution in [1.29, 1.82) is 0 Å². The van der Waals surface area contributed by atoms with Gasteiger partial charge in [0.2, 0.25) is 0 Å². The predicted molar refractivity (Wildman–Crippen MR) is 107 cm³/mol. The van der Waals surface area contributed by atoms with E-state index in [0.717, 1.165) is 22.7 Å². The molecular weight excluding hydrogens is 460 g/mol. The Balaban J connectivity index is 1.62. The lowest BCUT2D eigenvalue weighted by atomic mass is 10.2. The van der Waals surface area contributed by atoms with Crippen LogP contribution in [0.15, 0.2) is 47.2 Å². The maximum Gasteiger partial charge on any atom is 0.387 e. The molecule has 31 heavy (non-hydrogen) atoms. The van der Waals surface area contributed by atoms with Gasteiger partial charge in [-0.05, 0) is 40.6 Å². The number of ether oxygens (including phenoxy) is 2. The Hall–Kier alpha value is -3.12. The number of rotatable bonds is 9. The number of alkyl halides is 4. The Labute approximate surface area is 181 Å². The maximum atomic E-state index is 12.4. The average Bonchev–Trinajstić information content (AvgIpc) is 3.35. The van der Waals surface area contributed by atoms with Gasteiger partial charge < -0.3 is 20.1 Å². The molecule has 0 bridgehead atoms. The first-order chi connectivity index (χ1) is 14.8. The minimum absolute atomic E-state index is 0.00834. The van der Waals surface area contributed by atoms with Gasteiger partial charge in [-0.1, -0.05) is 12.1 Å². The SMILES string of the molecule is O=C(NCc1cccc(NC(=O)c2sccc2OC(F)F)c1)c1sccc1OC(F)F. The van der Waals surface area contributed by atoms with Crippen LogP contribution in [0.25, 0.3) is 0 Å². The number of amides is 2. The second-order valence-corrected chi connectivity index (χ2v) is 7.65. The van der Waals surface area contributed by atoms with Crippen LogP contribution < -0.4 is 20.1 Å². The molecular formula is C19H14F4N2O4S2. The number of carbonyl (C=O) groups excluding carboxylic acids is 2. The zero-order chi connectivity index (χ0) is 22.4. The van der Waals surface area contributed by atoms with Crippen LogP contribution in [0, 0.1) is 0 Å². The summed E-state index contributed by atoms with van der Waals surface area (Å²) < 4.78 is 58.3. The zero-order valence-corrected chi connectivity index (χ0v) is 17.1. The summed E-state index contributed by atoms with van der Waals surface area (Å²) in [5, 5.41) is 8.07. The molecule has 2 aromatic heterocycles. The molecule has 6 nitrogen and oxygen atoms in total. The largest absolute Gasteiger partial charge is 0.433 e. The molecule has 2 N–H and O–H groups in total. The molecule has 0 aliphatic carbocycles. The van der Waals surface area contributed by atoms with Crippen LogP contribution in [0.2, 0.25) is 0 Å². The fourth-order valence-corrected chi connectivity index (χ4v) is 3.97. The third-order valence-corrected chi connectivity index (χ3v) is 5.53. The summed E-state index contributed by atoms with van der Waals surface area (Å²) in [5.74, 6) is -1.65. The van der Waals surface area contributed by atoms with Crippen molar-refractivity contribution in [1.82, 2.24) is 5.32 Å². The molecule has 2 amide bonds. The average molecular weight is 474 g/mol. The number of benzene rings is 1. The minimum Gasteiger partial charge on any atom is -0.433 e. The van der Waals surface area contributed by atoms with Gasteiger partial charge in [0.05, 0.1) is 0 Å². The minimum atomic E-state index is -3.05. The third-order valence-electron chi connectivity index (χ3n) is 3.74. The lowest BCUT2D eigenvalue weighted by Gasteiger charge is -2.10. The van der Waals surface area contributed by atoms with Crippen LogP contribution in [-0.2, 0) is 6.54 Å². The maximum absolute atomic E-state index is 12.4. The second-order valence-electron chi connectivity index (χ2n) is 5.82. The number of halogens is 4. The second kappa shape index (κ2) is 10.3. The predicted octanol–water partition coefficient (Wildman–Crippen LogP) is 5.19. The molecule has 0 unspecified atom stereocenters. The molecule has 0 atom stereocenters. The lowest BCUT2D eigenvalue weighted by molar-refractivity contribution is -0.0505. The van der Waals surface area contributed by atoms with Gasteiger partial charge in [-0.3, -0.25) is 9.59 Å². The van der Waals surface area contributed by atoms with Gasteiger partial charge >= 0.3 is 13.2 Å². The van der Waals surface area contributed by atoms with Crippen molar-refractivity contribution in [3.63, 3.8) is 0 Å². The number of hydrogen-bond acceptors (Lipinski definition) is 6. The van der Waals surface area contributed by atoms with Crippen LogP contribution >= 0.6 is 22.7 Å². The highest BCUT2D eigenvalue weighted by atomic mass is 32.1. The van der Waals surface area contributed by atoms with Crippen molar-refractivity contribution in [3.8, 4) is 11.5 Å². The van der Waals surface area contributed by atoms with E-state index >= 15 is 0 Å². The normalized spacial score (nSPS) is 10.9. The summed E-state index contributed by atoms with van der Waals surface area (Å²) >= 11 is 1.91. The van der Waals surface area contributed by atoms with E-state index in [9.17, 15) is 27.2 Å². The first-order valence-electron chi connectivity index (χ1n) is 8.56. The fourth-order valence-electron chi connectivity index (χ4n) is 2.51. The van der Waals surface area contributed by atoms with E-state index in [-0.39, 0.29) is 27.8 Å². The zero-order valence-electron chi connectivity index (χ0n) is 15.4. The van der Waals surface area contributed by atoms with Crippen molar-refractivity contribution < 1.29 is 36.6 Å². The Kier molecular flexibility index (Phi) is 7.47. The summed E-state index contributed by atoms with van der Waals surface area (Å²) in [6, 6.07) is 9.01. The van der Waals surface area contributed by atoms with Gasteiger partial charge in [0.1, 0.15) is 21.3 Å². The Morgan fingerprint density at radius 3 is 2.03 bits per heavy atom. The molecule has 0 aliphatic heterocycles. The molecule has 0 spiro atoms. The van der Waals surface area contributed by atoms with E-state index in [1.54, 1.807) is 24.3 Å². The Bertz CT molecular complexity index is 1050. The lowest BCUT2D eigenvalue weighted by Crippen LogP contribution is -2.23. The van der Waals surface area contributed by atoms with Crippen LogP contribution in [0.4, 0.5) is 23.2 Å². The smallest absolute Gasteiger partial charge is 0.387 e. The van der Waals surface area contributed by atoms with Gasteiger partial charge in [0.25, 0.3) is 11.8 Å². The molecule has 0 fully saturated rings. The molecule has 3 rings (SSSR count). The molecule has 0 saturated carbocycles. The quantitative estimate of drug-likeness (QED) is 0.418. The molecule has 0 aliphatic rings. The fraction of sp³-hybridized carbons (Fsp3) is 0.158. The summed E-state index contributed by atoms with van der Waals surface area (Å²) in [6.45, 7) is -6.05. The van der Waals surface area contributed by atoms with E-state index < -0.39 is 25.0 Å². The van der Waals surface area contributed by atoms with Crippen LogP contribution in [0.5, 0.6) is 11.5 Å². The summed E-state index contributed by atoms with van der Waals surface area (Å²) in [4.78, 5) is 24.6. The number of hydrogen-bond donors (Lipinski definition) is 2. The van der Waals surface area contributed by atoms with Gasteiger partial charge in [0, 0.05) is 12.2 Å². The highest BCUT2D eigenvalue weighted by Crippen LogP contribution is 2.28. The van der Waals surface area contributed by atoms with Crippen LogP contribution in [-0.4, -0.2) is 25.0 Å². The highest BCUT2D eigenvalue weighted by Gasteiger charge is 2.19. The van der Waals surface area contributed by atoms with Gasteiger partial charge in [-0.25, -0.2) is 0 Å². The molecule has 2 heterocycles. The van der Waals surface area contributed by atoms with E-state index in [4.69, 9.17) is 0 Å². The number of carbonyl (C=O) groups is 2. The molecule has 0 radical (unpaired) electrons. The molecule has 164 valence electrons. The van der Waals surface area contributed by atoms with Crippen molar-refractivity contribution in [2.45, 2.75) is 19.8 Å². The summed E-state index contributed by atoms with van der Waals surface area (Å²) in [7, 11) is 0. The van der Waals surface area contributed by atoms with E-state index in [2.05, 4.69) is 20.1 Å². The Morgan fingerprint density at radius 1 is 0.871 bits per heavy atom. The van der Waals surface area contributed by atoms with Gasteiger partial charge in [-0.15, -0.1) is 22.7 Å². The van der Waals surface area contributed by atoms with Crippen molar-refractivity contribution in [2.75, 3.05) is 5.32 Å². The standard InChI is InChI=1S/C19H14F4N2O4S2/c20-18(21)28-12-4-6-30-14(12)16(26)24-9-10-2-1-3-11(8-10)25-17(27)15-13(5-7-31-15)29-19(22)23/h1-8,18-19H,9H2,(H,24,26)(H,25,27). The number of nitrogens with one attached hydrogen (secondary N) is 2. The highest BCUT2D eigenvalue weighted by molar-refractivity contribution is 7.12. The molecule has 12 heteroatoms. The summed E-state index contributed by atoms with van der Waals surface area (Å²) in [6.07, 6.45) is 0. The van der Waals surface area contributed by atoms with Crippen LogP contribution in [0.3, 0.4) is 0 Å². The summed E-state index contributed by atoms with van der Waals surface area (Å²) in [5.41, 5.74) is 0.972. The first kappa shape index (κ1) is 22.6. The first-order valence-corrected chi connectivity index (χ1v) is 10.3.